The third kappa shape index (κ3) is 5.90. The van der Waals surface area contributed by atoms with Gasteiger partial charge in [-0.2, -0.15) is 26.3 Å². The Kier molecular flexibility index (Phi) is 6.97. The highest BCUT2D eigenvalue weighted by Crippen LogP contribution is 2.46. The summed E-state index contributed by atoms with van der Waals surface area (Å²) in [6.07, 6.45) is -8.55. The van der Waals surface area contributed by atoms with Gasteiger partial charge in [-0.1, -0.05) is 30.3 Å². The van der Waals surface area contributed by atoms with E-state index in [1.807, 2.05) is 0 Å². The topological polar surface area (TPSA) is 54.5 Å². The van der Waals surface area contributed by atoms with Gasteiger partial charge in [-0.05, 0) is 30.2 Å². The molecule has 1 aliphatic rings. The van der Waals surface area contributed by atoms with Gasteiger partial charge in [0.1, 0.15) is 0 Å². The number of hydrogen-bond donors (Lipinski definition) is 1. The van der Waals surface area contributed by atoms with E-state index in [0.717, 1.165) is 17.8 Å². The van der Waals surface area contributed by atoms with Crippen molar-refractivity contribution < 1.29 is 35.9 Å². The summed E-state index contributed by atoms with van der Waals surface area (Å²) in [6.45, 7) is -1.94. The summed E-state index contributed by atoms with van der Waals surface area (Å²) in [5.41, 5.74) is -1.46. The van der Waals surface area contributed by atoms with E-state index in [0.29, 0.717) is 0 Å². The molecule has 1 amide bonds. The fourth-order valence-electron chi connectivity index (χ4n) is 3.56. The maximum absolute atomic E-state index is 14.0. The number of halogens is 6. The van der Waals surface area contributed by atoms with Crippen LogP contribution in [0.15, 0.2) is 48.7 Å². The van der Waals surface area contributed by atoms with E-state index in [-0.39, 0.29) is 37.5 Å². The van der Waals surface area contributed by atoms with Crippen molar-refractivity contribution in [1.82, 2.24) is 15.2 Å². The Hall–Kier alpha value is -2.82. The number of benzene rings is 1. The molecule has 1 saturated heterocycles. The summed E-state index contributed by atoms with van der Waals surface area (Å²) in [5, 5.41) is 2.28. The third-order valence-corrected chi connectivity index (χ3v) is 5.21. The van der Waals surface area contributed by atoms with Crippen molar-refractivity contribution in [1.29, 1.82) is 0 Å². The average Bonchev–Trinajstić information content (AvgIpc) is 3.16. The number of alkyl halides is 6. The number of nitrogens with zero attached hydrogens (tertiary/aromatic N) is 2. The molecule has 0 aliphatic carbocycles. The van der Waals surface area contributed by atoms with Crippen LogP contribution in [0, 0.1) is 5.41 Å². The number of hydrogen-bond acceptors (Lipinski definition) is 4. The van der Waals surface area contributed by atoms with Gasteiger partial charge in [0.25, 0.3) is 0 Å². The normalized spacial score (nSPS) is 19.7. The zero-order chi connectivity index (χ0) is 23.4. The lowest BCUT2D eigenvalue weighted by Crippen LogP contribution is -2.52. The lowest BCUT2D eigenvalue weighted by molar-refractivity contribution is -0.218. The fourth-order valence-corrected chi connectivity index (χ4v) is 3.56. The smallest absolute Gasteiger partial charge is 0.422 e. The molecule has 0 spiro atoms. The van der Waals surface area contributed by atoms with E-state index in [4.69, 9.17) is 0 Å². The molecule has 5 nitrogen and oxygen atoms in total. The second-order valence-electron chi connectivity index (χ2n) is 7.61. The molecule has 1 aliphatic heterocycles. The van der Waals surface area contributed by atoms with E-state index in [9.17, 15) is 31.1 Å². The van der Waals surface area contributed by atoms with E-state index < -0.39 is 36.8 Å². The first-order valence-electron chi connectivity index (χ1n) is 9.74. The zero-order valence-electron chi connectivity index (χ0n) is 16.8. The summed E-state index contributed by atoms with van der Waals surface area (Å²) in [4.78, 5) is 17.9. The van der Waals surface area contributed by atoms with Gasteiger partial charge in [0.15, 0.2) is 12.0 Å². The zero-order valence-corrected chi connectivity index (χ0v) is 16.8. The quantitative estimate of drug-likeness (QED) is 0.632. The first-order chi connectivity index (χ1) is 15.0. The van der Waals surface area contributed by atoms with Crippen LogP contribution in [0.2, 0.25) is 0 Å². The number of nitrogens with one attached hydrogen (secondary N) is 1. The number of ether oxygens (including phenoxy) is 1. The van der Waals surface area contributed by atoms with Crippen LogP contribution in [-0.4, -0.2) is 47.8 Å². The van der Waals surface area contributed by atoms with Gasteiger partial charge < -0.3 is 10.1 Å². The first-order valence-corrected chi connectivity index (χ1v) is 9.74. The molecule has 3 rings (SSSR count). The maximum Gasteiger partial charge on any atom is 0.422 e. The van der Waals surface area contributed by atoms with Gasteiger partial charge in [0, 0.05) is 31.9 Å². The molecule has 32 heavy (non-hydrogen) atoms. The largest absolute Gasteiger partial charge is 0.468 e. The molecule has 11 heteroatoms. The van der Waals surface area contributed by atoms with Crippen molar-refractivity contribution in [2.24, 2.45) is 5.41 Å². The Bertz CT molecular complexity index is 920. The molecule has 1 aromatic heterocycles. The Morgan fingerprint density at radius 2 is 1.81 bits per heavy atom. The molecule has 2 aromatic rings. The standard InChI is InChI=1S/C21H21F6N3O2/c22-20(23,24)14-32-17-10-16(6-8-28-17)11-29-18(31)19(21(25,26)27)7-9-30(13-19)12-15-4-2-1-3-5-15/h1-6,8,10H,7,9,11-14H2,(H,29,31). The van der Waals surface area contributed by atoms with E-state index in [2.05, 4.69) is 15.0 Å². The summed E-state index contributed by atoms with van der Waals surface area (Å²) >= 11 is 0. The predicted molar refractivity (Wildman–Crippen MR) is 102 cm³/mol. The Morgan fingerprint density at radius 1 is 1.09 bits per heavy atom. The van der Waals surface area contributed by atoms with Gasteiger partial charge in [0.2, 0.25) is 11.8 Å². The van der Waals surface area contributed by atoms with Crippen molar-refractivity contribution in [3.05, 3.63) is 59.8 Å². The first kappa shape index (κ1) is 23.8. The monoisotopic (exact) mass is 461 g/mol. The molecule has 1 atom stereocenters. The Balaban J connectivity index is 1.65. The van der Waals surface area contributed by atoms with Crippen LogP contribution in [0.25, 0.3) is 0 Å². The maximum atomic E-state index is 14.0. The molecule has 0 radical (unpaired) electrons. The van der Waals surface area contributed by atoms with Crippen LogP contribution < -0.4 is 10.1 Å². The molecule has 2 heterocycles. The number of amides is 1. The van der Waals surface area contributed by atoms with Crippen molar-refractivity contribution in [2.75, 3.05) is 19.7 Å². The SMILES string of the molecule is O=C(NCc1ccnc(OCC(F)(F)F)c1)C1(C(F)(F)F)CCN(Cc2ccccc2)C1. The van der Waals surface area contributed by atoms with Crippen LogP contribution in [0.4, 0.5) is 26.3 Å². The Labute approximate surface area is 180 Å². The minimum atomic E-state index is -4.76. The highest BCUT2D eigenvalue weighted by Gasteiger charge is 2.62. The molecule has 174 valence electrons. The summed E-state index contributed by atoms with van der Waals surface area (Å²) in [6, 6.07) is 11.5. The molecule has 0 saturated carbocycles. The molecular formula is C21H21F6N3O2. The molecule has 1 aromatic carbocycles. The molecule has 1 fully saturated rings. The highest BCUT2D eigenvalue weighted by molar-refractivity contribution is 5.84. The van der Waals surface area contributed by atoms with E-state index in [1.54, 1.807) is 35.2 Å². The van der Waals surface area contributed by atoms with Crippen molar-refractivity contribution >= 4 is 5.91 Å². The second-order valence-corrected chi connectivity index (χ2v) is 7.61. The van der Waals surface area contributed by atoms with Crippen LogP contribution in [-0.2, 0) is 17.9 Å². The minimum Gasteiger partial charge on any atom is -0.468 e. The van der Waals surface area contributed by atoms with Crippen LogP contribution in [0.5, 0.6) is 5.88 Å². The molecular weight excluding hydrogens is 440 g/mol. The van der Waals surface area contributed by atoms with Gasteiger partial charge in [-0.25, -0.2) is 4.98 Å². The third-order valence-electron chi connectivity index (χ3n) is 5.21. The van der Waals surface area contributed by atoms with E-state index >= 15 is 0 Å². The van der Waals surface area contributed by atoms with Gasteiger partial charge >= 0.3 is 12.4 Å². The number of likely N-dealkylation sites (tertiary alicyclic amines) is 1. The lowest BCUT2D eigenvalue weighted by Gasteiger charge is -2.30. The number of carbonyl (C=O) groups excluding carboxylic acids is 1. The van der Waals surface area contributed by atoms with Gasteiger partial charge in [-0.15, -0.1) is 0 Å². The van der Waals surface area contributed by atoms with Gasteiger partial charge in [0.05, 0.1) is 0 Å². The van der Waals surface area contributed by atoms with Crippen molar-refractivity contribution in [2.45, 2.75) is 31.9 Å². The van der Waals surface area contributed by atoms with Crippen molar-refractivity contribution in [3.63, 3.8) is 0 Å². The number of rotatable bonds is 7. The van der Waals surface area contributed by atoms with Crippen molar-refractivity contribution in [3.8, 4) is 5.88 Å². The predicted octanol–water partition coefficient (Wildman–Crippen LogP) is 4.09. The summed E-state index contributed by atoms with van der Waals surface area (Å²) in [7, 11) is 0. The Morgan fingerprint density at radius 3 is 2.47 bits per heavy atom. The molecule has 1 N–H and O–H groups in total. The number of pyridine rings is 1. The van der Waals surface area contributed by atoms with Crippen LogP contribution in [0.1, 0.15) is 17.5 Å². The second kappa shape index (κ2) is 9.35. The fraction of sp³-hybridized carbons (Fsp3) is 0.429. The van der Waals surface area contributed by atoms with Crippen LogP contribution >= 0.6 is 0 Å². The highest BCUT2D eigenvalue weighted by atomic mass is 19.4. The molecule has 0 bridgehead atoms. The molecule has 1 unspecified atom stereocenters. The minimum absolute atomic E-state index is 0.104. The average molecular weight is 461 g/mol. The van der Waals surface area contributed by atoms with Crippen LogP contribution in [0.3, 0.4) is 0 Å². The number of carbonyl (C=O) groups is 1. The lowest BCUT2D eigenvalue weighted by atomic mass is 9.85. The summed E-state index contributed by atoms with van der Waals surface area (Å²) in [5.74, 6) is -1.51. The summed E-state index contributed by atoms with van der Waals surface area (Å²) < 4.78 is 83.2. The van der Waals surface area contributed by atoms with Gasteiger partial charge in [-0.3, -0.25) is 9.69 Å². The number of aromatic nitrogens is 1. The van der Waals surface area contributed by atoms with E-state index in [1.165, 1.54) is 6.07 Å².